The molecule has 4 heteroatoms. The van der Waals surface area contributed by atoms with Crippen LogP contribution in [0, 0.1) is 0 Å². The summed E-state index contributed by atoms with van der Waals surface area (Å²) in [4.78, 5) is 4.46. The number of nitrogens with one attached hydrogen (secondary N) is 2. The summed E-state index contributed by atoms with van der Waals surface area (Å²) in [5, 5.41) is 11.1. The summed E-state index contributed by atoms with van der Waals surface area (Å²) in [6.45, 7) is 1.84. The van der Waals surface area contributed by atoms with E-state index in [2.05, 4.69) is 15.6 Å². The van der Waals surface area contributed by atoms with Crippen molar-refractivity contribution < 1.29 is 9.94 Å². The third kappa shape index (κ3) is 1.10. The van der Waals surface area contributed by atoms with Gasteiger partial charge in [-0.3, -0.25) is 10.2 Å². The highest BCUT2D eigenvalue weighted by Crippen LogP contribution is 1.89. The van der Waals surface area contributed by atoms with Gasteiger partial charge in [-0.1, -0.05) is 0 Å². The molecule has 2 atom stereocenters. The lowest BCUT2D eigenvalue weighted by Crippen LogP contribution is -2.29. The number of hydrogen-bond donors (Lipinski definition) is 3. The van der Waals surface area contributed by atoms with Gasteiger partial charge in [0.05, 0.1) is 6.17 Å². The minimum Gasteiger partial charge on any atom is -0.355 e. The van der Waals surface area contributed by atoms with Crippen molar-refractivity contribution in [1.82, 2.24) is 10.8 Å². The predicted molar refractivity (Wildman–Crippen MR) is 22.8 cm³/mol. The molecule has 1 aliphatic rings. The summed E-state index contributed by atoms with van der Waals surface area (Å²) in [6, 6.07) is 0. The quantitative estimate of drug-likeness (QED) is 0.359. The van der Waals surface area contributed by atoms with Crippen molar-refractivity contribution in [3.63, 3.8) is 0 Å². The van der Waals surface area contributed by atoms with Gasteiger partial charge in [0.25, 0.3) is 0 Å². The molecule has 0 amide bonds. The maximum Gasteiger partial charge on any atom is 0.233 e. The fraction of sp³-hybridized carbons (Fsp3) is 1.00. The van der Waals surface area contributed by atoms with Gasteiger partial charge in [0.1, 0.15) is 0 Å². The number of aliphatic hydroxyl groups is 1. The molecule has 0 spiro atoms. The first-order valence-corrected chi connectivity index (χ1v) is 2.14. The van der Waals surface area contributed by atoms with Crippen molar-refractivity contribution in [3.8, 4) is 0 Å². The second kappa shape index (κ2) is 1.75. The monoisotopic (exact) mass is 104 g/mol. The molecule has 0 saturated carbocycles. The van der Waals surface area contributed by atoms with Crippen LogP contribution in [-0.4, -0.2) is 17.7 Å². The zero-order chi connectivity index (χ0) is 5.28. The SMILES string of the molecule is CC1NOC(O)N1. The Kier molecular flexibility index (Phi) is 1.25. The summed E-state index contributed by atoms with van der Waals surface area (Å²) in [5.74, 6) is 0. The summed E-state index contributed by atoms with van der Waals surface area (Å²) >= 11 is 0. The molecular weight excluding hydrogens is 96.0 g/mol. The molecule has 1 rings (SSSR count). The summed E-state index contributed by atoms with van der Waals surface area (Å²) in [5.41, 5.74) is 2.51. The summed E-state index contributed by atoms with van der Waals surface area (Å²) in [7, 11) is 0. The van der Waals surface area contributed by atoms with Crippen LogP contribution in [0.2, 0.25) is 0 Å². The topological polar surface area (TPSA) is 53.5 Å². The van der Waals surface area contributed by atoms with E-state index in [-0.39, 0.29) is 6.17 Å². The highest BCUT2D eigenvalue weighted by atomic mass is 16.8. The number of rotatable bonds is 0. The summed E-state index contributed by atoms with van der Waals surface area (Å²) < 4.78 is 0. The van der Waals surface area contributed by atoms with Gasteiger partial charge in [0.2, 0.25) is 6.41 Å². The highest BCUT2D eigenvalue weighted by molar-refractivity contribution is 4.54. The largest absolute Gasteiger partial charge is 0.355 e. The zero-order valence-corrected chi connectivity index (χ0v) is 4.01. The molecular formula is C3H8N2O2. The molecule has 1 fully saturated rings. The van der Waals surface area contributed by atoms with Crippen LogP contribution in [0.25, 0.3) is 0 Å². The van der Waals surface area contributed by atoms with Gasteiger partial charge in [-0.25, -0.2) is 0 Å². The smallest absolute Gasteiger partial charge is 0.233 e. The van der Waals surface area contributed by atoms with Crippen molar-refractivity contribution in [2.45, 2.75) is 19.5 Å². The third-order valence-corrected chi connectivity index (χ3v) is 0.749. The Bertz CT molecular complexity index is 60.0. The van der Waals surface area contributed by atoms with E-state index in [1.165, 1.54) is 0 Å². The number of aliphatic hydroxyl groups excluding tert-OH is 1. The van der Waals surface area contributed by atoms with E-state index >= 15 is 0 Å². The van der Waals surface area contributed by atoms with Crippen molar-refractivity contribution in [2.24, 2.45) is 0 Å². The second-order valence-corrected chi connectivity index (χ2v) is 1.48. The van der Waals surface area contributed by atoms with Gasteiger partial charge in [0, 0.05) is 0 Å². The maximum atomic E-state index is 8.50. The number of hydrogen-bond acceptors (Lipinski definition) is 4. The predicted octanol–water partition coefficient (Wildman–Crippen LogP) is -1.27. The lowest BCUT2D eigenvalue weighted by molar-refractivity contribution is -0.110. The van der Waals surface area contributed by atoms with E-state index in [1.54, 1.807) is 0 Å². The fourth-order valence-corrected chi connectivity index (χ4v) is 0.448. The molecule has 0 aromatic heterocycles. The molecule has 3 N–H and O–H groups in total. The first-order valence-electron chi connectivity index (χ1n) is 2.14. The van der Waals surface area contributed by atoms with Crippen molar-refractivity contribution in [1.29, 1.82) is 0 Å². The Hall–Kier alpha value is -0.160. The van der Waals surface area contributed by atoms with E-state index in [1.807, 2.05) is 6.92 Å². The third-order valence-electron chi connectivity index (χ3n) is 0.749. The van der Waals surface area contributed by atoms with Gasteiger partial charge < -0.3 is 5.11 Å². The van der Waals surface area contributed by atoms with Crippen LogP contribution in [0.5, 0.6) is 0 Å². The van der Waals surface area contributed by atoms with Gasteiger partial charge in [0.15, 0.2) is 0 Å². The Morgan fingerprint density at radius 3 is 2.57 bits per heavy atom. The molecule has 1 aliphatic heterocycles. The second-order valence-electron chi connectivity index (χ2n) is 1.48. The van der Waals surface area contributed by atoms with Crippen molar-refractivity contribution >= 4 is 0 Å². The molecule has 1 heterocycles. The molecule has 4 nitrogen and oxygen atoms in total. The van der Waals surface area contributed by atoms with E-state index in [0.717, 1.165) is 0 Å². The average Bonchev–Trinajstić information content (AvgIpc) is 1.87. The van der Waals surface area contributed by atoms with Crippen molar-refractivity contribution in [2.75, 3.05) is 0 Å². The standard InChI is InChI=1S/C3H8N2O2/c1-2-4-3(6)7-5-2/h2-6H,1H3. The molecule has 7 heavy (non-hydrogen) atoms. The molecule has 0 aromatic carbocycles. The molecule has 42 valence electrons. The Balaban J connectivity index is 2.26. The molecule has 0 aliphatic carbocycles. The molecule has 1 saturated heterocycles. The first kappa shape index (κ1) is 4.99. The van der Waals surface area contributed by atoms with Crippen LogP contribution in [0.15, 0.2) is 0 Å². The Labute approximate surface area is 41.4 Å². The van der Waals surface area contributed by atoms with E-state index < -0.39 is 6.41 Å². The number of hydroxylamine groups is 1. The fourth-order valence-electron chi connectivity index (χ4n) is 0.448. The van der Waals surface area contributed by atoms with Crippen LogP contribution >= 0.6 is 0 Å². The van der Waals surface area contributed by atoms with Crippen LogP contribution in [0.3, 0.4) is 0 Å². The van der Waals surface area contributed by atoms with Crippen LogP contribution in [0.1, 0.15) is 6.92 Å². The van der Waals surface area contributed by atoms with E-state index in [4.69, 9.17) is 5.11 Å². The van der Waals surface area contributed by atoms with Gasteiger partial charge >= 0.3 is 0 Å². The maximum absolute atomic E-state index is 8.50. The highest BCUT2D eigenvalue weighted by Gasteiger charge is 2.15. The minimum absolute atomic E-state index is 0.0509. The lowest BCUT2D eigenvalue weighted by atomic mass is 10.6. The van der Waals surface area contributed by atoms with Crippen molar-refractivity contribution in [3.05, 3.63) is 0 Å². The zero-order valence-electron chi connectivity index (χ0n) is 4.01. The molecule has 0 radical (unpaired) electrons. The lowest BCUT2D eigenvalue weighted by Gasteiger charge is -1.95. The van der Waals surface area contributed by atoms with Gasteiger partial charge in [-0.2, -0.15) is 5.48 Å². The van der Waals surface area contributed by atoms with Gasteiger partial charge in [-0.05, 0) is 6.92 Å². The van der Waals surface area contributed by atoms with Gasteiger partial charge in [-0.15, -0.1) is 0 Å². The molecule has 0 bridgehead atoms. The van der Waals surface area contributed by atoms with Crippen LogP contribution in [-0.2, 0) is 4.84 Å². The first-order chi connectivity index (χ1) is 3.29. The Morgan fingerprint density at radius 2 is 2.43 bits per heavy atom. The molecule has 2 unspecified atom stereocenters. The van der Waals surface area contributed by atoms with Crippen LogP contribution < -0.4 is 10.8 Å². The van der Waals surface area contributed by atoms with E-state index in [9.17, 15) is 0 Å². The average molecular weight is 104 g/mol. The Morgan fingerprint density at radius 1 is 1.71 bits per heavy atom. The molecule has 0 aromatic rings. The minimum atomic E-state index is -0.838. The normalized spacial score (nSPS) is 42.0. The summed E-state index contributed by atoms with van der Waals surface area (Å²) in [6.07, 6.45) is -0.787. The van der Waals surface area contributed by atoms with E-state index in [0.29, 0.717) is 0 Å². The van der Waals surface area contributed by atoms with Crippen LogP contribution in [0.4, 0.5) is 0 Å².